The Hall–Kier alpha value is -2.38. The van der Waals surface area contributed by atoms with Crippen molar-refractivity contribution in [2.24, 2.45) is 7.05 Å². The molecule has 0 radical (unpaired) electrons. The quantitative estimate of drug-likeness (QED) is 0.630. The summed E-state index contributed by atoms with van der Waals surface area (Å²) in [5.74, 6) is 0.890. The van der Waals surface area contributed by atoms with Crippen LogP contribution < -0.4 is 10.1 Å². The first kappa shape index (κ1) is 23.3. The van der Waals surface area contributed by atoms with E-state index in [1.54, 1.807) is 0 Å². The maximum absolute atomic E-state index is 12.3. The smallest absolute Gasteiger partial charge is 0.220 e. The van der Waals surface area contributed by atoms with Gasteiger partial charge in [0.1, 0.15) is 12.4 Å². The molecule has 1 fully saturated rings. The molecule has 1 aliphatic rings. The van der Waals surface area contributed by atoms with Crippen LogP contribution in [0.4, 0.5) is 0 Å². The predicted molar refractivity (Wildman–Crippen MR) is 121 cm³/mol. The van der Waals surface area contributed by atoms with Crippen molar-refractivity contribution < 1.29 is 14.3 Å². The summed E-state index contributed by atoms with van der Waals surface area (Å²) in [5, 5.41) is 7.43. The van der Waals surface area contributed by atoms with E-state index in [1.165, 1.54) is 5.56 Å². The molecule has 2 heterocycles. The molecule has 0 atom stereocenters. The van der Waals surface area contributed by atoms with Crippen LogP contribution in [0.2, 0.25) is 0 Å². The topological polar surface area (TPSA) is 68.6 Å². The van der Waals surface area contributed by atoms with E-state index in [4.69, 9.17) is 9.47 Å². The number of aryl methyl sites for hydroxylation is 2. The van der Waals surface area contributed by atoms with Crippen LogP contribution >= 0.6 is 0 Å². The number of amides is 1. The molecule has 1 aromatic heterocycles. The number of benzene rings is 1. The molecule has 7 heteroatoms. The fraction of sp³-hybridized carbons (Fsp3) is 0.583. The highest BCUT2D eigenvalue weighted by Gasteiger charge is 2.18. The van der Waals surface area contributed by atoms with Gasteiger partial charge in [-0.2, -0.15) is 5.10 Å². The fourth-order valence-electron chi connectivity index (χ4n) is 4.07. The van der Waals surface area contributed by atoms with E-state index in [1.807, 2.05) is 49.8 Å². The van der Waals surface area contributed by atoms with Gasteiger partial charge in [-0.15, -0.1) is 0 Å². The molecule has 2 aromatic rings. The second-order valence-corrected chi connectivity index (χ2v) is 8.37. The Bertz CT molecular complexity index is 859. The molecular weight excluding hydrogens is 392 g/mol. The van der Waals surface area contributed by atoms with Crippen molar-refractivity contribution in [2.45, 2.75) is 52.1 Å². The summed E-state index contributed by atoms with van der Waals surface area (Å²) in [6.45, 7) is 7.78. The van der Waals surface area contributed by atoms with Crippen LogP contribution in [0.1, 0.15) is 41.8 Å². The Morgan fingerprint density at radius 3 is 2.81 bits per heavy atom. The third kappa shape index (κ3) is 6.80. The van der Waals surface area contributed by atoms with Crippen molar-refractivity contribution >= 4 is 5.91 Å². The average Bonchev–Trinajstić information content (AvgIpc) is 3.02. The zero-order chi connectivity index (χ0) is 22.2. The van der Waals surface area contributed by atoms with Crippen LogP contribution in [0, 0.1) is 13.8 Å². The number of carbonyl (C=O) groups is 1. The van der Waals surface area contributed by atoms with Gasteiger partial charge in [0.15, 0.2) is 0 Å². The molecule has 31 heavy (non-hydrogen) atoms. The van der Waals surface area contributed by atoms with Crippen molar-refractivity contribution in [1.82, 2.24) is 20.0 Å². The Balaban J connectivity index is 1.40. The van der Waals surface area contributed by atoms with E-state index in [0.29, 0.717) is 32.0 Å². The van der Waals surface area contributed by atoms with Gasteiger partial charge in [-0.05, 0) is 63.4 Å². The van der Waals surface area contributed by atoms with Crippen molar-refractivity contribution in [2.75, 3.05) is 33.4 Å². The number of nitrogens with zero attached hydrogens (tertiary/aromatic N) is 3. The van der Waals surface area contributed by atoms with Crippen molar-refractivity contribution in [3.05, 3.63) is 46.8 Å². The normalized spacial score (nSPS) is 14.7. The number of ether oxygens (including phenoxy) is 2. The predicted octanol–water partition coefficient (Wildman–Crippen LogP) is 2.78. The highest BCUT2D eigenvalue weighted by molar-refractivity contribution is 5.76. The first-order valence-corrected chi connectivity index (χ1v) is 11.2. The van der Waals surface area contributed by atoms with Crippen LogP contribution in [0.3, 0.4) is 0 Å². The van der Waals surface area contributed by atoms with Crippen LogP contribution in [0.25, 0.3) is 0 Å². The van der Waals surface area contributed by atoms with Crippen LogP contribution in [0.15, 0.2) is 24.3 Å². The first-order valence-electron chi connectivity index (χ1n) is 11.2. The van der Waals surface area contributed by atoms with E-state index in [0.717, 1.165) is 55.3 Å². The van der Waals surface area contributed by atoms with Gasteiger partial charge >= 0.3 is 0 Å². The van der Waals surface area contributed by atoms with Crippen molar-refractivity contribution in [1.29, 1.82) is 0 Å². The number of aromatic nitrogens is 2. The monoisotopic (exact) mass is 428 g/mol. The van der Waals surface area contributed by atoms with Crippen LogP contribution in [-0.2, 0) is 29.5 Å². The number of rotatable bonds is 10. The maximum atomic E-state index is 12.3. The molecule has 1 saturated heterocycles. The number of hydrogen-bond acceptors (Lipinski definition) is 5. The Labute approximate surface area is 185 Å². The van der Waals surface area contributed by atoms with Crippen LogP contribution in [-0.4, -0.2) is 60.0 Å². The molecule has 3 rings (SSSR count). The second kappa shape index (κ2) is 11.3. The van der Waals surface area contributed by atoms with Gasteiger partial charge in [0.25, 0.3) is 0 Å². The summed E-state index contributed by atoms with van der Waals surface area (Å²) in [5.41, 5.74) is 4.33. The molecule has 0 spiro atoms. The second-order valence-electron chi connectivity index (χ2n) is 8.37. The zero-order valence-corrected chi connectivity index (χ0v) is 19.3. The van der Waals surface area contributed by atoms with Gasteiger partial charge in [-0.25, -0.2) is 0 Å². The summed E-state index contributed by atoms with van der Waals surface area (Å²) in [7, 11) is 4.09. The first-order chi connectivity index (χ1) is 14.9. The number of carbonyl (C=O) groups excluding carboxylic acids is 1. The molecule has 1 aromatic carbocycles. The Morgan fingerprint density at radius 2 is 2.10 bits per heavy atom. The van der Waals surface area contributed by atoms with Crippen molar-refractivity contribution in [3.8, 4) is 5.75 Å². The molecule has 0 aliphatic carbocycles. The van der Waals surface area contributed by atoms with Gasteiger partial charge in [0.05, 0.1) is 5.69 Å². The minimum absolute atomic E-state index is 0.0482. The van der Waals surface area contributed by atoms with Gasteiger partial charge in [-0.1, -0.05) is 12.1 Å². The lowest BCUT2D eigenvalue weighted by Crippen LogP contribution is -2.38. The third-order valence-electron chi connectivity index (χ3n) is 6.18. The van der Waals surface area contributed by atoms with Gasteiger partial charge in [0.2, 0.25) is 5.91 Å². The molecule has 170 valence electrons. The SMILES string of the molecule is Cc1nn(C)c(C)c1CCC(=O)NCc1cccc(OCCN(C)C2CCOCC2)c1. The summed E-state index contributed by atoms with van der Waals surface area (Å²) >= 11 is 0. The molecule has 1 aliphatic heterocycles. The highest BCUT2D eigenvalue weighted by atomic mass is 16.5. The standard InChI is InChI=1S/C24H36N4O3/c1-18-23(19(2)28(4)26-18)8-9-24(29)25-17-20-6-5-7-22(16-20)31-15-12-27(3)21-10-13-30-14-11-21/h5-7,16,21H,8-15,17H2,1-4H3,(H,25,29). The van der Waals surface area contributed by atoms with Gasteiger partial charge < -0.3 is 14.8 Å². The minimum atomic E-state index is 0.0482. The van der Waals surface area contributed by atoms with E-state index >= 15 is 0 Å². The maximum Gasteiger partial charge on any atom is 0.220 e. The molecule has 0 unspecified atom stereocenters. The van der Waals surface area contributed by atoms with E-state index < -0.39 is 0 Å². The van der Waals surface area contributed by atoms with Crippen molar-refractivity contribution in [3.63, 3.8) is 0 Å². The number of nitrogens with one attached hydrogen (secondary N) is 1. The van der Waals surface area contributed by atoms with Gasteiger partial charge in [-0.3, -0.25) is 14.4 Å². The lowest BCUT2D eigenvalue weighted by atomic mass is 10.1. The van der Waals surface area contributed by atoms with Gasteiger partial charge in [0, 0.05) is 51.5 Å². The van der Waals surface area contributed by atoms with E-state index in [9.17, 15) is 4.79 Å². The zero-order valence-electron chi connectivity index (χ0n) is 19.3. The van der Waals surface area contributed by atoms with Crippen LogP contribution in [0.5, 0.6) is 5.75 Å². The highest BCUT2D eigenvalue weighted by Crippen LogP contribution is 2.16. The largest absolute Gasteiger partial charge is 0.492 e. The lowest BCUT2D eigenvalue weighted by Gasteiger charge is -2.31. The van der Waals surface area contributed by atoms with E-state index in [2.05, 4.69) is 22.4 Å². The molecule has 1 N–H and O–H groups in total. The minimum Gasteiger partial charge on any atom is -0.492 e. The summed E-state index contributed by atoms with van der Waals surface area (Å²) in [6, 6.07) is 8.54. The summed E-state index contributed by atoms with van der Waals surface area (Å²) < 4.78 is 13.3. The summed E-state index contributed by atoms with van der Waals surface area (Å²) in [4.78, 5) is 14.7. The number of hydrogen-bond donors (Lipinski definition) is 1. The summed E-state index contributed by atoms with van der Waals surface area (Å²) in [6.07, 6.45) is 3.35. The lowest BCUT2D eigenvalue weighted by molar-refractivity contribution is -0.121. The molecule has 7 nitrogen and oxygen atoms in total. The third-order valence-corrected chi connectivity index (χ3v) is 6.18. The molecule has 0 bridgehead atoms. The average molecular weight is 429 g/mol. The Morgan fingerprint density at radius 1 is 1.32 bits per heavy atom. The number of likely N-dealkylation sites (N-methyl/N-ethyl adjacent to an activating group) is 1. The molecule has 1 amide bonds. The Kier molecular flexibility index (Phi) is 8.49. The molecular formula is C24H36N4O3. The fourth-order valence-corrected chi connectivity index (χ4v) is 4.07. The molecule has 0 saturated carbocycles. The van der Waals surface area contributed by atoms with E-state index in [-0.39, 0.29) is 5.91 Å².